The van der Waals surface area contributed by atoms with E-state index >= 15 is 0 Å². The first-order valence-corrected chi connectivity index (χ1v) is 9.14. The molecular weight excluding hydrogens is 328 g/mol. The van der Waals surface area contributed by atoms with Crippen LogP contribution in [-0.2, 0) is 6.54 Å². The standard InChI is InChI=1S/C17H16N2O2S2/c1-2-22-15-7-4-3-6-13(15)17(20)18-11-12-10-14(21-19-12)16-8-5-9-23-16/h3-10H,2,11H2,1H3,(H,18,20). The number of carbonyl (C=O) groups is 1. The highest BCUT2D eigenvalue weighted by atomic mass is 32.2. The van der Waals surface area contributed by atoms with Crippen LogP contribution in [0.2, 0.25) is 0 Å². The normalized spacial score (nSPS) is 10.7. The predicted molar refractivity (Wildman–Crippen MR) is 93.8 cm³/mol. The molecule has 0 aliphatic heterocycles. The molecule has 3 rings (SSSR count). The van der Waals surface area contributed by atoms with Crippen LogP contribution in [0.15, 0.2) is 57.3 Å². The molecule has 0 aliphatic rings. The van der Waals surface area contributed by atoms with Gasteiger partial charge in [0.1, 0.15) is 5.69 Å². The number of thiophene rings is 1. The third-order valence-corrected chi connectivity index (χ3v) is 5.02. The van der Waals surface area contributed by atoms with E-state index in [1.807, 2.05) is 47.8 Å². The van der Waals surface area contributed by atoms with E-state index in [2.05, 4.69) is 17.4 Å². The Hall–Kier alpha value is -2.05. The van der Waals surface area contributed by atoms with Crippen LogP contribution >= 0.6 is 23.1 Å². The molecule has 0 radical (unpaired) electrons. The van der Waals surface area contributed by atoms with E-state index in [0.717, 1.165) is 21.3 Å². The largest absolute Gasteiger partial charge is 0.355 e. The van der Waals surface area contributed by atoms with E-state index in [9.17, 15) is 4.79 Å². The monoisotopic (exact) mass is 344 g/mol. The molecule has 6 heteroatoms. The minimum atomic E-state index is -0.0952. The van der Waals surface area contributed by atoms with E-state index in [4.69, 9.17) is 4.52 Å². The quantitative estimate of drug-likeness (QED) is 0.672. The van der Waals surface area contributed by atoms with Gasteiger partial charge in [0.05, 0.1) is 17.0 Å². The SMILES string of the molecule is CCSc1ccccc1C(=O)NCc1cc(-c2cccs2)on1. The van der Waals surface area contributed by atoms with Crippen molar-refractivity contribution in [2.45, 2.75) is 18.4 Å². The lowest BCUT2D eigenvalue weighted by molar-refractivity contribution is 0.0947. The molecule has 4 nitrogen and oxygen atoms in total. The number of rotatable bonds is 6. The molecule has 0 fully saturated rings. The fourth-order valence-corrected chi connectivity index (χ4v) is 3.61. The molecule has 0 bridgehead atoms. The minimum absolute atomic E-state index is 0.0952. The first-order valence-electron chi connectivity index (χ1n) is 7.27. The van der Waals surface area contributed by atoms with Gasteiger partial charge in [-0.15, -0.1) is 23.1 Å². The van der Waals surface area contributed by atoms with Gasteiger partial charge in [-0.1, -0.05) is 30.3 Å². The van der Waals surface area contributed by atoms with Crippen LogP contribution in [0.3, 0.4) is 0 Å². The van der Waals surface area contributed by atoms with E-state index in [1.165, 1.54) is 0 Å². The molecule has 118 valence electrons. The lowest BCUT2D eigenvalue weighted by Crippen LogP contribution is -2.23. The Kier molecular flexibility index (Phi) is 5.15. The van der Waals surface area contributed by atoms with Crippen molar-refractivity contribution in [3.05, 3.63) is 59.1 Å². The summed E-state index contributed by atoms with van der Waals surface area (Å²) in [6, 6.07) is 13.4. The highest BCUT2D eigenvalue weighted by molar-refractivity contribution is 7.99. The third-order valence-electron chi connectivity index (χ3n) is 3.18. The summed E-state index contributed by atoms with van der Waals surface area (Å²) in [7, 11) is 0. The summed E-state index contributed by atoms with van der Waals surface area (Å²) >= 11 is 3.25. The summed E-state index contributed by atoms with van der Waals surface area (Å²) in [6.07, 6.45) is 0. The molecule has 0 saturated heterocycles. The molecule has 23 heavy (non-hydrogen) atoms. The predicted octanol–water partition coefficient (Wildman–Crippen LogP) is 4.45. The van der Waals surface area contributed by atoms with Crippen LogP contribution in [0, 0.1) is 0 Å². The number of nitrogens with one attached hydrogen (secondary N) is 1. The Morgan fingerprint density at radius 1 is 1.30 bits per heavy atom. The minimum Gasteiger partial charge on any atom is -0.355 e. The smallest absolute Gasteiger partial charge is 0.252 e. The first-order chi connectivity index (χ1) is 11.3. The molecule has 0 atom stereocenters. The zero-order valence-corrected chi connectivity index (χ0v) is 14.2. The van der Waals surface area contributed by atoms with Crippen molar-refractivity contribution in [2.75, 3.05) is 5.75 Å². The van der Waals surface area contributed by atoms with Gasteiger partial charge >= 0.3 is 0 Å². The summed E-state index contributed by atoms with van der Waals surface area (Å²) in [6.45, 7) is 2.42. The van der Waals surface area contributed by atoms with Crippen molar-refractivity contribution < 1.29 is 9.32 Å². The molecule has 0 spiro atoms. The Bertz CT molecular complexity index is 782. The fraction of sp³-hybridized carbons (Fsp3) is 0.176. The summed E-state index contributed by atoms with van der Waals surface area (Å²) in [4.78, 5) is 14.4. The van der Waals surface area contributed by atoms with Crippen LogP contribution in [-0.4, -0.2) is 16.8 Å². The van der Waals surface area contributed by atoms with Crippen LogP contribution in [0.5, 0.6) is 0 Å². The zero-order valence-electron chi connectivity index (χ0n) is 12.6. The topological polar surface area (TPSA) is 55.1 Å². The number of thioether (sulfide) groups is 1. The van der Waals surface area contributed by atoms with Gasteiger partial charge < -0.3 is 9.84 Å². The van der Waals surface area contributed by atoms with Crippen molar-refractivity contribution in [3.63, 3.8) is 0 Å². The average Bonchev–Trinajstić information content (AvgIpc) is 3.24. The lowest BCUT2D eigenvalue weighted by atomic mass is 10.2. The van der Waals surface area contributed by atoms with Crippen LogP contribution in [0.1, 0.15) is 23.0 Å². The summed E-state index contributed by atoms with van der Waals surface area (Å²) in [5.74, 6) is 1.56. The number of hydrogen-bond donors (Lipinski definition) is 1. The Labute approximate surface area is 142 Å². The maximum Gasteiger partial charge on any atom is 0.252 e. The van der Waals surface area contributed by atoms with Gasteiger partial charge in [-0.3, -0.25) is 4.79 Å². The van der Waals surface area contributed by atoms with Gasteiger partial charge in [0.2, 0.25) is 0 Å². The van der Waals surface area contributed by atoms with Crippen molar-refractivity contribution in [2.24, 2.45) is 0 Å². The molecule has 2 aromatic heterocycles. The Balaban J connectivity index is 1.65. The molecule has 0 unspecified atom stereocenters. The van der Waals surface area contributed by atoms with Gasteiger partial charge in [0, 0.05) is 11.0 Å². The van der Waals surface area contributed by atoms with Crippen LogP contribution in [0.25, 0.3) is 10.6 Å². The second kappa shape index (κ2) is 7.48. The third kappa shape index (κ3) is 3.83. The molecule has 1 aromatic carbocycles. The van der Waals surface area contributed by atoms with Crippen LogP contribution < -0.4 is 5.32 Å². The van der Waals surface area contributed by atoms with Crippen molar-refractivity contribution in [3.8, 4) is 10.6 Å². The fourth-order valence-electron chi connectivity index (χ4n) is 2.13. The van der Waals surface area contributed by atoms with Gasteiger partial charge in [0.25, 0.3) is 5.91 Å². The number of hydrogen-bond acceptors (Lipinski definition) is 5. The van der Waals surface area contributed by atoms with Gasteiger partial charge in [-0.05, 0) is 29.3 Å². The molecule has 0 saturated carbocycles. The second-order valence-corrected chi connectivity index (χ2v) is 7.03. The maximum atomic E-state index is 12.4. The van der Waals surface area contributed by atoms with Crippen molar-refractivity contribution in [1.29, 1.82) is 0 Å². The molecule has 0 aliphatic carbocycles. The van der Waals surface area contributed by atoms with E-state index < -0.39 is 0 Å². The molecule has 1 amide bonds. The number of nitrogens with zero attached hydrogens (tertiary/aromatic N) is 1. The Morgan fingerprint density at radius 3 is 2.96 bits per heavy atom. The van der Waals surface area contributed by atoms with E-state index in [-0.39, 0.29) is 5.91 Å². The van der Waals surface area contributed by atoms with Gasteiger partial charge in [-0.2, -0.15) is 0 Å². The molecule has 1 N–H and O–H groups in total. The number of aromatic nitrogens is 1. The summed E-state index contributed by atoms with van der Waals surface area (Å²) < 4.78 is 5.31. The van der Waals surface area contributed by atoms with E-state index in [1.54, 1.807) is 23.1 Å². The zero-order chi connectivity index (χ0) is 16.1. The number of amides is 1. The van der Waals surface area contributed by atoms with Crippen LogP contribution in [0.4, 0.5) is 0 Å². The lowest BCUT2D eigenvalue weighted by Gasteiger charge is -2.07. The average molecular weight is 344 g/mol. The number of benzene rings is 1. The molecular formula is C17H16N2O2S2. The summed E-state index contributed by atoms with van der Waals surface area (Å²) in [5.41, 5.74) is 1.41. The van der Waals surface area contributed by atoms with Gasteiger partial charge in [0.15, 0.2) is 5.76 Å². The second-order valence-electron chi connectivity index (χ2n) is 4.77. The summed E-state index contributed by atoms with van der Waals surface area (Å²) in [5, 5.41) is 8.90. The highest BCUT2D eigenvalue weighted by Gasteiger charge is 2.12. The molecule has 3 aromatic rings. The van der Waals surface area contributed by atoms with Crippen molar-refractivity contribution >= 4 is 29.0 Å². The first kappa shape index (κ1) is 15.8. The Morgan fingerprint density at radius 2 is 2.17 bits per heavy atom. The maximum absolute atomic E-state index is 12.4. The number of carbonyl (C=O) groups excluding carboxylic acids is 1. The highest BCUT2D eigenvalue weighted by Crippen LogP contribution is 2.25. The molecule has 2 heterocycles. The van der Waals surface area contributed by atoms with Gasteiger partial charge in [-0.25, -0.2) is 0 Å². The van der Waals surface area contributed by atoms with Crippen molar-refractivity contribution in [1.82, 2.24) is 10.5 Å². The van der Waals surface area contributed by atoms with E-state index in [0.29, 0.717) is 17.8 Å².